The second kappa shape index (κ2) is 7.23. The lowest BCUT2D eigenvalue weighted by Crippen LogP contribution is -2.36. The zero-order valence-electron chi connectivity index (χ0n) is 12.3. The first-order chi connectivity index (χ1) is 10.9. The highest BCUT2D eigenvalue weighted by Gasteiger charge is 2.24. The fourth-order valence-electron chi connectivity index (χ4n) is 2.15. The van der Waals surface area contributed by atoms with E-state index in [0.717, 1.165) is 12.1 Å². The van der Waals surface area contributed by atoms with Crippen LogP contribution in [0.5, 0.6) is 0 Å². The Bertz CT molecular complexity index is 803. The minimum Gasteiger partial charge on any atom is -0.208 e. The van der Waals surface area contributed by atoms with Crippen LogP contribution in [0.1, 0.15) is 18.5 Å². The van der Waals surface area contributed by atoms with Crippen molar-refractivity contribution in [2.45, 2.75) is 23.9 Å². The molecule has 1 N–H and O–H groups in total. The van der Waals surface area contributed by atoms with Gasteiger partial charge in [0.25, 0.3) is 0 Å². The molecule has 2 atom stereocenters. The average molecular weight is 334 g/mol. The van der Waals surface area contributed by atoms with E-state index in [4.69, 9.17) is 5.53 Å². The van der Waals surface area contributed by atoms with Crippen molar-refractivity contribution in [3.05, 3.63) is 76.4 Å². The maximum Gasteiger partial charge on any atom is 0.240 e. The number of nitrogens with zero attached hydrogens (tertiary/aromatic N) is 3. The van der Waals surface area contributed by atoms with Gasteiger partial charge in [-0.05, 0) is 42.3 Å². The van der Waals surface area contributed by atoms with Gasteiger partial charge >= 0.3 is 0 Å². The Hall–Kier alpha value is -2.41. The Morgan fingerprint density at radius 2 is 1.74 bits per heavy atom. The number of halogens is 1. The van der Waals surface area contributed by atoms with E-state index < -0.39 is 27.9 Å². The third kappa shape index (κ3) is 4.29. The standard InChI is InChI=1S/C15H15FN4O2S/c1-11(15(18-20-17)12-5-3-2-4-6-12)19-23(21,22)14-9-7-13(16)8-10-14/h2-11,15,19H,1H3/t11-,15-/m1/s1. The van der Waals surface area contributed by atoms with E-state index in [9.17, 15) is 12.8 Å². The maximum atomic E-state index is 12.9. The largest absolute Gasteiger partial charge is 0.240 e. The highest BCUT2D eigenvalue weighted by Crippen LogP contribution is 2.23. The number of rotatable bonds is 6. The van der Waals surface area contributed by atoms with Crippen LogP contribution in [0, 0.1) is 5.82 Å². The van der Waals surface area contributed by atoms with Crippen molar-refractivity contribution in [3.63, 3.8) is 0 Å². The van der Waals surface area contributed by atoms with E-state index in [0.29, 0.717) is 5.56 Å². The molecule has 0 aliphatic heterocycles. The molecule has 0 aromatic heterocycles. The van der Waals surface area contributed by atoms with E-state index in [1.807, 2.05) is 6.07 Å². The van der Waals surface area contributed by atoms with Crippen LogP contribution in [0.3, 0.4) is 0 Å². The van der Waals surface area contributed by atoms with Gasteiger partial charge in [0.05, 0.1) is 10.9 Å². The van der Waals surface area contributed by atoms with Gasteiger partial charge in [0, 0.05) is 11.0 Å². The number of sulfonamides is 1. The fourth-order valence-corrected chi connectivity index (χ4v) is 3.40. The van der Waals surface area contributed by atoms with Crippen molar-refractivity contribution in [3.8, 4) is 0 Å². The van der Waals surface area contributed by atoms with E-state index in [2.05, 4.69) is 14.7 Å². The summed E-state index contributed by atoms with van der Waals surface area (Å²) in [6, 6.07) is 12.0. The summed E-state index contributed by atoms with van der Waals surface area (Å²) in [4.78, 5) is 2.73. The summed E-state index contributed by atoms with van der Waals surface area (Å²) in [5, 5.41) is 3.68. The minimum atomic E-state index is -3.85. The summed E-state index contributed by atoms with van der Waals surface area (Å²) in [5.41, 5.74) is 9.43. The molecule has 0 saturated carbocycles. The molecule has 0 aliphatic carbocycles. The Labute approximate surface area is 133 Å². The van der Waals surface area contributed by atoms with Crippen molar-refractivity contribution in [2.75, 3.05) is 0 Å². The predicted molar refractivity (Wildman–Crippen MR) is 84.5 cm³/mol. The van der Waals surface area contributed by atoms with Gasteiger partial charge in [-0.3, -0.25) is 0 Å². The van der Waals surface area contributed by atoms with Crippen LogP contribution in [0.15, 0.2) is 64.6 Å². The second-order valence-corrected chi connectivity index (χ2v) is 6.64. The van der Waals surface area contributed by atoms with Crippen LogP contribution in [0.25, 0.3) is 10.4 Å². The van der Waals surface area contributed by atoms with Crippen LogP contribution in [0.2, 0.25) is 0 Å². The summed E-state index contributed by atoms with van der Waals surface area (Å²) < 4.78 is 40.0. The van der Waals surface area contributed by atoms with Crippen LogP contribution in [-0.2, 0) is 10.0 Å². The number of nitrogens with one attached hydrogen (secondary N) is 1. The molecule has 0 heterocycles. The van der Waals surface area contributed by atoms with Crippen molar-refractivity contribution < 1.29 is 12.8 Å². The Balaban J connectivity index is 2.26. The molecular weight excluding hydrogens is 319 g/mol. The summed E-state index contributed by atoms with van der Waals surface area (Å²) >= 11 is 0. The Morgan fingerprint density at radius 3 is 2.30 bits per heavy atom. The third-order valence-electron chi connectivity index (χ3n) is 3.26. The molecule has 6 nitrogen and oxygen atoms in total. The molecule has 2 aromatic rings. The molecule has 0 aliphatic rings. The molecule has 2 aromatic carbocycles. The lowest BCUT2D eigenvalue weighted by atomic mass is 10.0. The molecule has 2 rings (SSSR count). The maximum absolute atomic E-state index is 12.9. The quantitative estimate of drug-likeness (QED) is 0.497. The van der Waals surface area contributed by atoms with E-state index >= 15 is 0 Å². The molecule has 0 spiro atoms. The zero-order chi connectivity index (χ0) is 16.9. The Morgan fingerprint density at radius 1 is 1.13 bits per heavy atom. The number of hydrogen-bond acceptors (Lipinski definition) is 3. The van der Waals surface area contributed by atoms with Crippen LogP contribution >= 0.6 is 0 Å². The first kappa shape index (κ1) is 17.0. The van der Waals surface area contributed by atoms with Gasteiger partial charge < -0.3 is 0 Å². The van der Waals surface area contributed by atoms with E-state index in [-0.39, 0.29) is 4.90 Å². The summed E-state index contributed by atoms with van der Waals surface area (Å²) in [7, 11) is -3.85. The molecule has 120 valence electrons. The molecule has 0 saturated heterocycles. The minimum absolute atomic E-state index is 0.0569. The van der Waals surface area contributed by atoms with E-state index in [1.165, 1.54) is 12.1 Å². The summed E-state index contributed by atoms with van der Waals surface area (Å²) in [5.74, 6) is -0.520. The summed E-state index contributed by atoms with van der Waals surface area (Å²) in [6.45, 7) is 1.60. The topological polar surface area (TPSA) is 94.9 Å². The normalized spacial score (nSPS) is 13.8. The monoisotopic (exact) mass is 334 g/mol. The van der Waals surface area contributed by atoms with Crippen molar-refractivity contribution >= 4 is 10.0 Å². The molecule has 23 heavy (non-hydrogen) atoms. The van der Waals surface area contributed by atoms with Gasteiger partial charge in [0.2, 0.25) is 10.0 Å². The lowest BCUT2D eigenvalue weighted by molar-refractivity contribution is 0.514. The fraction of sp³-hybridized carbons (Fsp3) is 0.200. The Kier molecular flexibility index (Phi) is 5.33. The molecular formula is C15H15FN4O2S. The summed E-state index contributed by atoms with van der Waals surface area (Å²) in [6.07, 6.45) is 0. The number of benzene rings is 2. The van der Waals surface area contributed by atoms with Gasteiger partial charge in [0.1, 0.15) is 5.82 Å². The lowest BCUT2D eigenvalue weighted by Gasteiger charge is -2.21. The first-order valence-electron chi connectivity index (χ1n) is 6.81. The van der Waals surface area contributed by atoms with Crippen molar-refractivity contribution in [1.82, 2.24) is 4.72 Å². The number of hydrogen-bond donors (Lipinski definition) is 1. The molecule has 0 radical (unpaired) electrons. The molecule has 0 unspecified atom stereocenters. The second-order valence-electron chi connectivity index (χ2n) is 4.92. The number of azide groups is 1. The molecule has 0 amide bonds. The first-order valence-corrected chi connectivity index (χ1v) is 8.29. The van der Waals surface area contributed by atoms with Gasteiger partial charge in [-0.1, -0.05) is 35.4 Å². The van der Waals surface area contributed by atoms with Crippen molar-refractivity contribution in [2.24, 2.45) is 5.11 Å². The van der Waals surface area contributed by atoms with Crippen LogP contribution in [0.4, 0.5) is 4.39 Å². The predicted octanol–water partition coefficient (Wildman–Crippen LogP) is 3.54. The van der Waals surface area contributed by atoms with Gasteiger partial charge in [-0.15, -0.1) is 0 Å². The van der Waals surface area contributed by atoms with Gasteiger partial charge in [-0.25, -0.2) is 17.5 Å². The SMILES string of the molecule is C[C@@H](NS(=O)(=O)c1ccc(F)cc1)[C@@H](N=[N+]=[N-])c1ccccc1. The molecule has 8 heteroatoms. The van der Waals surface area contributed by atoms with Gasteiger partial charge in [0.15, 0.2) is 0 Å². The highest BCUT2D eigenvalue weighted by atomic mass is 32.2. The average Bonchev–Trinajstić information content (AvgIpc) is 2.53. The van der Waals surface area contributed by atoms with Crippen LogP contribution in [-0.4, -0.2) is 14.5 Å². The third-order valence-corrected chi connectivity index (χ3v) is 4.83. The van der Waals surface area contributed by atoms with Crippen LogP contribution < -0.4 is 4.72 Å². The highest BCUT2D eigenvalue weighted by molar-refractivity contribution is 7.89. The van der Waals surface area contributed by atoms with E-state index in [1.54, 1.807) is 31.2 Å². The molecule has 0 fully saturated rings. The van der Waals surface area contributed by atoms with Gasteiger partial charge in [-0.2, -0.15) is 0 Å². The smallest absolute Gasteiger partial charge is 0.208 e. The van der Waals surface area contributed by atoms with Crippen molar-refractivity contribution in [1.29, 1.82) is 0 Å². The molecule has 0 bridgehead atoms. The zero-order valence-corrected chi connectivity index (χ0v) is 13.1.